The molecular formula is C9H20N2O. The molecule has 0 aliphatic heterocycles. The van der Waals surface area contributed by atoms with Crippen LogP contribution in [0.25, 0.3) is 0 Å². The highest BCUT2D eigenvalue weighted by Gasteiger charge is 2.12. The van der Waals surface area contributed by atoms with E-state index in [-0.39, 0.29) is 11.9 Å². The third-order valence-corrected chi connectivity index (χ3v) is 1.81. The Morgan fingerprint density at radius 3 is 2.25 bits per heavy atom. The van der Waals surface area contributed by atoms with Crippen LogP contribution in [0.4, 0.5) is 0 Å². The molecule has 0 fully saturated rings. The van der Waals surface area contributed by atoms with Crippen molar-refractivity contribution in [2.45, 2.75) is 33.2 Å². The van der Waals surface area contributed by atoms with E-state index < -0.39 is 0 Å². The normalized spacial score (nSPS) is 13.2. The topological polar surface area (TPSA) is 46.3 Å². The highest BCUT2D eigenvalue weighted by molar-refractivity contribution is 5.80. The Bertz CT molecular complexity index is 143. The van der Waals surface area contributed by atoms with Gasteiger partial charge in [-0.05, 0) is 19.3 Å². The summed E-state index contributed by atoms with van der Waals surface area (Å²) in [5, 5.41) is 0. The predicted octanol–water partition coefficient (Wildman–Crippen LogP) is 0.838. The Kier molecular flexibility index (Phi) is 4.90. The molecule has 0 aromatic heterocycles. The molecule has 1 amide bonds. The molecular weight excluding hydrogens is 152 g/mol. The molecule has 0 rings (SSSR count). The summed E-state index contributed by atoms with van der Waals surface area (Å²) >= 11 is 0. The molecule has 0 aromatic carbocycles. The van der Waals surface area contributed by atoms with E-state index in [2.05, 4.69) is 13.8 Å². The van der Waals surface area contributed by atoms with Gasteiger partial charge in [0.05, 0.1) is 6.04 Å². The van der Waals surface area contributed by atoms with Crippen molar-refractivity contribution in [3.63, 3.8) is 0 Å². The van der Waals surface area contributed by atoms with Crippen LogP contribution < -0.4 is 5.73 Å². The van der Waals surface area contributed by atoms with Crippen LogP contribution in [-0.2, 0) is 4.79 Å². The number of amides is 1. The van der Waals surface area contributed by atoms with Gasteiger partial charge >= 0.3 is 0 Å². The Morgan fingerprint density at radius 2 is 1.92 bits per heavy atom. The van der Waals surface area contributed by atoms with Crippen LogP contribution in [0.15, 0.2) is 0 Å². The predicted molar refractivity (Wildman–Crippen MR) is 50.7 cm³/mol. The van der Waals surface area contributed by atoms with Crippen LogP contribution in [0.1, 0.15) is 27.2 Å². The molecule has 1 atom stereocenters. The monoisotopic (exact) mass is 172 g/mol. The lowest BCUT2D eigenvalue weighted by molar-refractivity contribution is -0.131. The highest BCUT2D eigenvalue weighted by atomic mass is 16.2. The molecule has 1 unspecified atom stereocenters. The molecule has 0 aliphatic carbocycles. The van der Waals surface area contributed by atoms with Gasteiger partial charge in [-0.15, -0.1) is 0 Å². The fourth-order valence-corrected chi connectivity index (χ4v) is 0.910. The second-order valence-corrected chi connectivity index (χ2v) is 3.73. The number of nitrogens with two attached hydrogens (primary N) is 1. The molecule has 0 heterocycles. The Hall–Kier alpha value is -0.570. The third kappa shape index (κ3) is 4.34. The summed E-state index contributed by atoms with van der Waals surface area (Å²) in [4.78, 5) is 13.0. The Balaban J connectivity index is 3.72. The quantitative estimate of drug-likeness (QED) is 0.683. The third-order valence-electron chi connectivity index (χ3n) is 1.81. The van der Waals surface area contributed by atoms with Crippen LogP contribution in [0, 0.1) is 5.92 Å². The van der Waals surface area contributed by atoms with E-state index in [1.54, 1.807) is 18.9 Å². The van der Waals surface area contributed by atoms with Crippen molar-refractivity contribution >= 4 is 5.91 Å². The first-order valence-electron chi connectivity index (χ1n) is 4.45. The maximum atomic E-state index is 11.3. The molecule has 12 heavy (non-hydrogen) atoms. The summed E-state index contributed by atoms with van der Waals surface area (Å²) in [5.74, 6) is 0.656. The number of nitrogens with zero attached hydrogens (tertiary/aromatic N) is 1. The lowest BCUT2D eigenvalue weighted by Gasteiger charge is -2.19. The van der Waals surface area contributed by atoms with E-state index in [1.807, 2.05) is 0 Å². The van der Waals surface area contributed by atoms with Crippen LogP contribution in [0.3, 0.4) is 0 Å². The van der Waals surface area contributed by atoms with Crippen molar-refractivity contribution in [3.8, 4) is 0 Å². The fourth-order valence-electron chi connectivity index (χ4n) is 0.910. The van der Waals surface area contributed by atoms with E-state index in [9.17, 15) is 4.79 Å². The van der Waals surface area contributed by atoms with Gasteiger partial charge in [-0.1, -0.05) is 13.8 Å². The molecule has 0 saturated carbocycles. The minimum atomic E-state index is -0.373. The SMILES string of the molecule is CC(C)CCN(C)C(=O)C(C)N. The molecule has 0 radical (unpaired) electrons. The van der Waals surface area contributed by atoms with Crippen molar-refractivity contribution < 1.29 is 4.79 Å². The number of carbonyl (C=O) groups is 1. The fraction of sp³-hybridized carbons (Fsp3) is 0.889. The lowest BCUT2D eigenvalue weighted by Crippen LogP contribution is -2.40. The van der Waals surface area contributed by atoms with Gasteiger partial charge in [0.2, 0.25) is 5.91 Å². The first kappa shape index (κ1) is 11.4. The van der Waals surface area contributed by atoms with Gasteiger partial charge in [0.1, 0.15) is 0 Å². The summed E-state index contributed by atoms with van der Waals surface area (Å²) in [6.07, 6.45) is 1.04. The zero-order valence-electron chi connectivity index (χ0n) is 8.50. The first-order valence-corrected chi connectivity index (χ1v) is 4.45. The van der Waals surface area contributed by atoms with Crippen molar-refractivity contribution in [2.24, 2.45) is 11.7 Å². The maximum Gasteiger partial charge on any atom is 0.238 e. The van der Waals surface area contributed by atoms with Gasteiger partial charge in [-0.3, -0.25) is 4.79 Å². The van der Waals surface area contributed by atoms with Crippen molar-refractivity contribution in [1.29, 1.82) is 0 Å². The minimum absolute atomic E-state index is 0.0238. The smallest absolute Gasteiger partial charge is 0.238 e. The average molecular weight is 172 g/mol. The molecule has 3 nitrogen and oxygen atoms in total. The van der Waals surface area contributed by atoms with Gasteiger partial charge in [0, 0.05) is 13.6 Å². The van der Waals surface area contributed by atoms with Gasteiger partial charge in [-0.25, -0.2) is 0 Å². The van der Waals surface area contributed by atoms with E-state index in [1.165, 1.54) is 0 Å². The van der Waals surface area contributed by atoms with Crippen LogP contribution >= 0.6 is 0 Å². The Labute approximate surface area is 74.9 Å². The maximum absolute atomic E-state index is 11.3. The molecule has 0 aromatic rings. The van der Waals surface area contributed by atoms with E-state index in [0.717, 1.165) is 13.0 Å². The standard InChI is InChI=1S/C9H20N2O/c1-7(2)5-6-11(4)9(12)8(3)10/h7-8H,5-6,10H2,1-4H3. The summed E-state index contributed by atoms with van der Waals surface area (Å²) in [7, 11) is 1.80. The van der Waals surface area contributed by atoms with Crippen molar-refractivity contribution in [3.05, 3.63) is 0 Å². The van der Waals surface area contributed by atoms with E-state index >= 15 is 0 Å². The second kappa shape index (κ2) is 5.14. The molecule has 0 spiro atoms. The van der Waals surface area contributed by atoms with E-state index in [0.29, 0.717) is 5.92 Å². The summed E-state index contributed by atoms with van der Waals surface area (Å²) in [5.41, 5.74) is 5.45. The second-order valence-electron chi connectivity index (χ2n) is 3.73. The zero-order valence-corrected chi connectivity index (χ0v) is 8.50. The molecule has 0 saturated heterocycles. The van der Waals surface area contributed by atoms with Crippen molar-refractivity contribution in [1.82, 2.24) is 4.90 Å². The largest absolute Gasteiger partial charge is 0.344 e. The summed E-state index contributed by atoms with van der Waals surface area (Å²) in [6.45, 7) is 6.81. The molecule has 0 aliphatic rings. The summed E-state index contributed by atoms with van der Waals surface area (Å²) in [6, 6.07) is -0.373. The number of rotatable bonds is 4. The average Bonchev–Trinajstić information content (AvgIpc) is 1.98. The van der Waals surface area contributed by atoms with Crippen LogP contribution in [-0.4, -0.2) is 30.4 Å². The van der Waals surface area contributed by atoms with Crippen molar-refractivity contribution in [2.75, 3.05) is 13.6 Å². The van der Waals surface area contributed by atoms with Gasteiger partial charge in [0.15, 0.2) is 0 Å². The molecule has 3 heteroatoms. The first-order chi connectivity index (χ1) is 5.45. The number of likely N-dealkylation sites (N-methyl/N-ethyl adjacent to an activating group) is 1. The molecule has 2 N–H and O–H groups in total. The number of hydrogen-bond donors (Lipinski definition) is 1. The van der Waals surface area contributed by atoms with Gasteiger partial charge < -0.3 is 10.6 Å². The lowest BCUT2D eigenvalue weighted by atomic mass is 10.1. The number of hydrogen-bond acceptors (Lipinski definition) is 2. The van der Waals surface area contributed by atoms with E-state index in [4.69, 9.17) is 5.73 Å². The summed E-state index contributed by atoms with van der Waals surface area (Å²) < 4.78 is 0. The molecule has 72 valence electrons. The Morgan fingerprint density at radius 1 is 1.42 bits per heavy atom. The zero-order chi connectivity index (χ0) is 9.72. The minimum Gasteiger partial charge on any atom is -0.344 e. The molecule has 0 bridgehead atoms. The van der Waals surface area contributed by atoms with Crippen LogP contribution in [0.2, 0.25) is 0 Å². The number of carbonyl (C=O) groups excluding carboxylic acids is 1. The van der Waals surface area contributed by atoms with Gasteiger partial charge in [-0.2, -0.15) is 0 Å². The van der Waals surface area contributed by atoms with Gasteiger partial charge in [0.25, 0.3) is 0 Å². The van der Waals surface area contributed by atoms with Crippen LogP contribution in [0.5, 0.6) is 0 Å². The highest BCUT2D eigenvalue weighted by Crippen LogP contribution is 2.01.